The number of carbonyl (C=O) groups is 1. The minimum Gasteiger partial charge on any atom is -0.493 e. The van der Waals surface area contributed by atoms with E-state index in [1.807, 2.05) is 0 Å². The zero-order valence-corrected chi connectivity index (χ0v) is 22.0. The van der Waals surface area contributed by atoms with Crippen LogP contribution in [0, 0.1) is 5.82 Å². The van der Waals surface area contributed by atoms with Gasteiger partial charge in [-0.2, -0.15) is 26.3 Å². The SMILES string of the molecule is CCOc1cc(F)ccc1-c1ccncc1N(CC(F)(F)F)C(=O)c1cc(C(F)(F)F)cc(S(=O)(=O)N(C)C)c1. The number of sulfonamides is 1. The summed E-state index contributed by atoms with van der Waals surface area (Å²) in [5.74, 6) is -2.38. The second-order valence-electron chi connectivity index (χ2n) is 8.50. The lowest BCUT2D eigenvalue weighted by Crippen LogP contribution is -2.39. The fraction of sp³-hybridized carbons (Fsp3) is 0.280. The van der Waals surface area contributed by atoms with Gasteiger partial charge in [-0.15, -0.1) is 0 Å². The van der Waals surface area contributed by atoms with Crippen LogP contribution in [0.2, 0.25) is 0 Å². The standard InChI is InChI=1S/C25H22F7N3O4S/c1-4-39-22-12-17(26)5-6-20(22)19-7-8-33-13-21(19)35(14-24(27,28)29)23(36)15-9-16(25(30,31)32)11-18(10-15)40(37,38)34(2)3/h5-13H,4,14H2,1-3H3. The molecule has 1 heterocycles. The number of hydrogen-bond donors (Lipinski definition) is 0. The summed E-state index contributed by atoms with van der Waals surface area (Å²) in [6.45, 7) is -0.342. The third-order valence-electron chi connectivity index (χ3n) is 5.47. The Kier molecular flexibility index (Phi) is 8.79. The van der Waals surface area contributed by atoms with Crippen LogP contribution in [-0.4, -0.2) is 57.0 Å². The van der Waals surface area contributed by atoms with Crippen LogP contribution in [0.3, 0.4) is 0 Å². The number of nitrogens with zero attached hydrogens (tertiary/aromatic N) is 3. The summed E-state index contributed by atoms with van der Waals surface area (Å²) < 4.78 is 127. The molecule has 0 saturated carbocycles. The molecule has 7 nitrogen and oxygen atoms in total. The van der Waals surface area contributed by atoms with Gasteiger partial charge in [0.05, 0.1) is 29.0 Å². The summed E-state index contributed by atoms with van der Waals surface area (Å²) in [5, 5.41) is 0. The normalized spacial score (nSPS) is 12.5. The van der Waals surface area contributed by atoms with Gasteiger partial charge in [0.15, 0.2) is 0 Å². The van der Waals surface area contributed by atoms with Crippen LogP contribution in [0.25, 0.3) is 11.1 Å². The van der Waals surface area contributed by atoms with Crippen LogP contribution in [0.4, 0.5) is 36.4 Å². The Labute approximate surface area is 224 Å². The lowest BCUT2D eigenvalue weighted by molar-refractivity contribution is -0.137. The first-order valence-electron chi connectivity index (χ1n) is 11.4. The van der Waals surface area contributed by atoms with Gasteiger partial charge in [-0.3, -0.25) is 14.7 Å². The van der Waals surface area contributed by atoms with Crippen molar-refractivity contribution in [2.75, 3.05) is 32.1 Å². The Morgan fingerprint density at radius 1 is 0.975 bits per heavy atom. The number of carbonyl (C=O) groups excluding carboxylic acids is 1. The molecule has 2 aromatic carbocycles. The van der Waals surface area contributed by atoms with E-state index in [2.05, 4.69) is 4.98 Å². The van der Waals surface area contributed by atoms with E-state index >= 15 is 0 Å². The van der Waals surface area contributed by atoms with Crippen LogP contribution in [-0.2, 0) is 16.2 Å². The van der Waals surface area contributed by atoms with E-state index in [-0.39, 0.29) is 40.5 Å². The molecule has 0 radical (unpaired) electrons. The lowest BCUT2D eigenvalue weighted by atomic mass is 10.0. The molecule has 0 bridgehead atoms. The van der Waals surface area contributed by atoms with Gasteiger partial charge in [0.1, 0.15) is 18.1 Å². The van der Waals surface area contributed by atoms with E-state index in [1.54, 1.807) is 6.92 Å². The van der Waals surface area contributed by atoms with Crippen molar-refractivity contribution in [1.82, 2.24) is 9.29 Å². The quantitative estimate of drug-likeness (QED) is 0.310. The van der Waals surface area contributed by atoms with Gasteiger partial charge < -0.3 is 4.74 Å². The molecule has 0 aliphatic heterocycles. The molecule has 0 unspecified atom stereocenters. The number of pyridine rings is 1. The van der Waals surface area contributed by atoms with Crippen molar-refractivity contribution in [2.45, 2.75) is 24.2 Å². The van der Waals surface area contributed by atoms with E-state index in [9.17, 15) is 43.9 Å². The summed E-state index contributed by atoms with van der Waals surface area (Å²) >= 11 is 0. The zero-order chi connectivity index (χ0) is 30.0. The molecular formula is C25H22F7N3O4S. The molecule has 0 N–H and O–H groups in total. The predicted octanol–water partition coefficient (Wildman–Crippen LogP) is 5.76. The van der Waals surface area contributed by atoms with E-state index in [0.29, 0.717) is 10.4 Å². The molecule has 0 fully saturated rings. The van der Waals surface area contributed by atoms with Gasteiger partial charge in [0.2, 0.25) is 10.0 Å². The van der Waals surface area contributed by atoms with Crippen molar-refractivity contribution in [2.24, 2.45) is 0 Å². The number of anilines is 1. The first-order chi connectivity index (χ1) is 18.5. The van der Waals surface area contributed by atoms with Crippen molar-refractivity contribution < 1.29 is 48.7 Å². The lowest BCUT2D eigenvalue weighted by Gasteiger charge is -2.27. The third kappa shape index (κ3) is 6.88. The van der Waals surface area contributed by atoms with Crippen LogP contribution in [0.5, 0.6) is 5.75 Å². The number of ether oxygens (including phenoxy) is 1. The fourth-order valence-electron chi connectivity index (χ4n) is 3.67. The second-order valence-corrected chi connectivity index (χ2v) is 10.7. The first-order valence-corrected chi connectivity index (χ1v) is 12.8. The molecule has 0 saturated heterocycles. The highest BCUT2D eigenvalue weighted by atomic mass is 32.2. The Hall–Kier alpha value is -3.72. The molecule has 0 spiro atoms. The van der Waals surface area contributed by atoms with Crippen molar-refractivity contribution >= 4 is 21.6 Å². The van der Waals surface area contributed by atoms with Gasteiger partial charge >= 0.3 is 12.4 Å². The Balaban J connectivity index is 2.29. The number of rotatable bonds is 8. The maximum Gasteiger partial charge on any atom is 0.416 e. The smallest absolute Gasteiger partial charge is 0.416 e. The fourth-order valence-corrected chi connectivity index (χ4v) is 4.64. The molecule has 1 aromatic heterocycles. The molecule has 0 aliphatic carbocycles. The Bertz CT molecular complexity index is 1510. The molecule has 3 aromatic rings. The number of halogens is 7. The number of benzene rings is 2. The van der Waals surface area contributed by atoms with E-state index in [0.717, 1.165) is 32.4 Å². The monoisotopic (exact) mass is 593 g/mol. The molecule has 3 rings (SSSR count). The summed E-state index contributed by atoms with van der Waals surface area (Å²) in [6.07, 6.45) is -8.13. The highest BCUT2D eigenvalue weighted by Crippen LogP contribution is 2.39. The number of hydrogen-bond acceptors (Lipinski definition) is 5. The molecule has 0 aliphatic rings. The Morgan fingerprint density at radius 3 is 2.23 bits per heavy atom. The first kappa shape index (κ1) is 30.8. The van der Waals surface area contributed by atoms with Gasteiger partial charge in [-0.05, 0) is 43.3 Å². The number of amides is 1. The second kappa shape index (κ2) is 11.4. The van der Waals surface area contributed by atoms with Gasteiger partial charge in [-0.1, -0.05) is 0 Å². The molecule has 0 atom stereocenters. The third-order valence-corrected chi connectivity index (χ3v) is 7.26. The van der Waals surface area contributed by atoms with Gasteiger partial charge in [0, 0.05) is 43.0 Å². The van der Waals surface area contributed by atoms with E-state index in [1.165, 1.54) is 18.3 Å². The van der Waals surface area contributed by atoms with Gasteiger partial charge in [-0.25, -0.2) is 17.1 Å². The minimum absolute atomic E-state index is 0.0510. The van der Waals surface area contributed by atoms with Gasteiger partial charge in [0.25, 0.3) is 5.91 Å². The highest BCUT2D eigenvalue weighted by molar-refractivity contribution is 7.89. The van der Waals surface area contributed by atoms with Crippen LogP contribution < -0.4 is 9.64 Å². The molecule has 216 valence electrons. The molecule has 15 heteroatoms. The van der Waals surface area contributed by atoms with Crippen molar-refractivity contribution in [3.05, 3.63) is 71.8 Å². The van der Waals surface area contributed by atoms with Crippen LogP contribution >= 0.6 is 0 Å². The summed E-state index contributed by atoms with van der Waals surface area (Å²) in [6, 6.07) is 5.50. The van der Waals surface area contributed by atoms with Crippen LogP contribution in [0.1, 0.15) is 22.8 Å². The minimum atomic E-state index is -5.14. The summed E-state index contributed by atoms with van der Waals surface area (Å²) in [4.78, 5) is 16.5. The highest BCUT2D eigenvalue weighted by Gasteiger charge is 2.38. The van der Waals surface area contributed by atoms with Crippen LogP contribution in [0.15, 0.2) is 59.8 Å². The van der Waals surface area contributed by atoms with Crippen molar-refractivity contribution in [3.8, 4) is 16.9 Å². The van der Waals surface area contributed by atoms with E-state index < -0.39 is 62.4 Å². The number of aromatic nitrogens is 1. The zero-order valence-electron chi connectivity index (χ0n) is 21.1. The van der Waals surface area contributed by atoms with Crippen molar-refractivity contribution in [3.63, 3.8) is 0 Å². The summed E-state index contributed by atoms with van der Waals surface area (Å²) in [5.41, 5.74) is -3.04. The largest absolute Gasteiger partial charge is 0.493 e. The molecule has 1 amide bonds. The number of alkyl halides is 6. The maximum absolute atomic E-state index is 13.9. The van der Waals surface area contributed by atoms with E-state index in [4.69, 9.17) is 4.74 Å². The average Bonchev–Trinajstić information content (AvgIpc) is 2.86. The maximum atomic E-state index is 13.9. The Morgan fingerprint density at radius 2 is 1.65 bits per heavy atom. The average molecular weight is 594 g/mol. The summed E-state index contributed by atoms with van der Waals surface area (Å²) in [7, 11) is -2.46. The van der Waals surface area contributed by atoms with Crippen molar-refractivity contribution in [1.29, 1.82) is 0 Å². The predicted molar refractivity (Wildman–Crippen MR) is 131 cm³/mol. The molecular weight excluding hydrogens is 571 g/mol. The topological polar surface area (TPSA) is 79.8 Å². The molecule has 40 heavy (non-hydrogen) atoms.